The normalized spacial score (nSPS) is 10.2. The molecule has 20 heavy (non-hydrogen) atoms. The summed E-state index contributed by atoms with van der Waals surface area (Å²) in [5.41, 5.74) is 2.24. The van der Waals surface area contributed by atoms with Crippen molar-refractivity contribution in [3.05, 3.63) is 58.0 Å². The lowest BCUT2D eigenvalue weighted by atomic mass is 10.3. The number of halogens is 1. The van der Waals surface area contributed by atoms with Crippen molar-refractivity contribution in [3.8, 4) is 0 Å². The molecule has 6 heteroatoms. The van der Waals surface area contributed by atoms with Crippen LogP contribution in [0.2, 0.25) is 5.02 Å². The molecule has 2 amide bonds. The molecule has 0 aliphatic carbocycles. The molecule has 0 saturated carbocycles. The molecule has 1 aromatic heterocycles. The Morgan fingerprint density at radius 3 is 2.10 bits per heavy atom. The van der Waals surface area contributed by atoms with E-state index in [-0.39, 0.29) is 6.03 Å². The van der Waals surface area contributed by atoms with Gasteiger partial charge in [-0.1, -0.05) is 11.6 Å². The molecular formula is C14H14ClN3O2. The summed E-state index contributed by atoms with van der Waals surface area (Å²) < 4.78 is 0.808. The number of anilines is 2. The number of nitrogens with one attached hydrogen (secondary N) is 2. The Morgan fingerprint density at radius 1 is 1.05 bits per heavy atom. The molecule has 1 heterocycles. The molecule has 0 radical (unpaired) electrons. The van der Waals surface area contributed by atoms with Crippen molar-refractivity contribution >= 4 is 29.0 Å². The topological polar surface area (TPSA) is 68.1 Å². The Hall–Kier alpha value is -2.27. The zero-order valence-electron chi connectivity index (χ0n) is 11.1. The van der Waals surface area contributed by atoms with Crippen LogP contribution in [0.5, 0.6) is 0 Å². The van der Waals surface area contributed by atoms with Gasteiger partial charge in [-0.05, 0) is 24.3 Å². The summed E-state index contributed by atoms with van der Waals surface area (Å²) >= 11 is 5.77. The fraction of sp³-hybridized carbons (Fsp3) is 0.143. The lowest BCUT2D eigenvalue weighted by molar-refractivity contribution is -0.618. The monoisotopic (exact) mass is 291 g/mol. The first-order chi connectivity index (χ1) is 9.45. The number of benzene rings is 1. The van der Waals surface area contributed by atoms with E-state index in [2.05, 4.69) is 10.6 Å². The summed E-state index contributed by atoms with van der Waals surface area (Å²) in [4.78, 5) is 11.8. The Kier molecular flexibility index (Phi) is 4.10. The third kappa shape index (κ3) is 3.39. The second-order valence-corrected chi connectivity index (χ2v) is 4.84. The van der Waals surface area contributed by atoms with E-state index in [9.17, 15) is 10.0 Å². The van der Waals surface area contributed by atoms with Gasteiger partial charge in [-0.3, -0.25) is 0 Å². The molecule has 2 rings (SSSR count). The number of pyridine rings is 1. The number of hydrogen-bond acceptors (Lipinski definition) is 2. The van der Waals surface area contributed by atoms with Gasteiger partial charge in [0.1, 0.15) is 0 Å². The van der Waals surface area contributed by atoms with Crippen molar-refractivity contribution in [2.45, 2.75) is 13.8 Å². The number of aromatic nitrogens is 1. The number of rotatable bonds is 2. The van der Waals surface area contributed by atoms with E-state index < -0.39 is 0 Å². The van der Waals surface area contributed by atoms with Crippen molar-refractivity contribution in [1.82, 2.24) is 0 Å². The van der Waals surface area contributed by atoms with Crippen LogP contribution in [-0.4, -0.2) is 6.03 Å². The van der Waals surface area contributed by atoms with Crippen molar-refractivity contribution < 1.29 is 9.52 Å². The molecule has 2 aromatic rings. The average molecular weight is 292 g/mol. The van der Waals surface area contributed by atoms with Crippen LogP contribution in [0.4, 0.5) is 16.2 Å². The molecule has 0 bridgehead atoms. The summed E-state index contributed by atoms with van der Waals surface area (Å²) in [6.07, 6.45) is 0. The van der Waals surface area contributed by atoms with E-state index in [4.69, 9.17) is 11.6 Å². The van der Waals surface area contributed by atoms with E-state index in [0.717, 1.165) is 4.73 Å². The van der Waals surface area contributed by atoms with Gasteiger partial charge in [0.15, 0.2) is 11.4 Å². The Labute approximate surface area is 121 Å². The van der Waals surface area contributed by atoms with Gasteiger partial charge in [0.2, 0.25) is 0 Å². The molecule has 0 aliphatic heterocycles. The largest absolute Gasteiger partial charge is 0.618 e. The summed E-state index contributed by atoms with van der Waals surface area (Å²) in [5.74, 6) is 0. The van der Waals surface area contributed by atoms with E-state index in [1.807, 2.05) is 0 Å². The molecular weight excluding hydrogens is 278 g/mol. The third-order valence-electron chi connectivity index (χ3n) is 2.73. The predicted octanol–water partition coefficient (Wildman–Crippen LogP) is 3.23. The number of carbonyl (C=O) groups excluding carboxylic acids is 1. The lowest BCUT2D eigenvalue weighted by Gasteiger charge is -2.10. The maximum Gasteiger partial charge on any atom is 0.323 e. The van der Waals surface area contributed by atoms with Crippen LogP contribution in [0, 0.1) is 19.1 Å². The van der Waals surface area contributed by atoms with Crippen LogP contribution in [0.25, 0.3) is 0 Å². The Morgan fingerprint density at radius 2 is 1.55 bits per heavy atom. The number of aryl methyl sites for hydroxylation is 2. The third-order valence-corrected chi connectivity index (χ3v) is 2.98. The van der Waals surface area contributed by atoms with Crippen molar-refractivity contribution in [3.63, 3.8) is 0 Å². The van der Waals surface area contributed by atoms with Crippen LogP contribution in [-0.2, 0) is 0 Å². The smallest absolute Gasteiger partial charge is 0.323 e. The van der Waals surface area contributed by atoms with E-state index >= 15 is 0 Å². The second kappa shape index (κ2) is 5.79. The summed E-state index contributed by atoms with van der Waals surface area (Å²) in [5, 5.41) is 17.5. The lowest BCUT2D eigenvalue weighted by Crippen LogP contribution is -2.34. The first kappa shape index (κ1) is 14.1. The minimum Gasteiger partial charge on any atom is -0.618 e. The molecule has 0 fully saturated rings. The SMILES string of the molecule is Cc1cc(NC(=O)Nc2ccc(Cl)cc2)cc(C)[n+]1[O-]. The zero-order valence-corrected chi connectivity index (χ0v) is 11.9. The molecule has 0 spiro atoms. The minimum atomic E-state index is -0.380. The van der Waals surface area contributed by atoms with Gasteiger partial charge in [0.05, 0.1) is 5.69 Å². The quantitative estimate of drug-likeness (QED) is 0.659. The van der Waals surface area contributed by atoms with Gasteiger partial charge in [0, 0.05) is 36.7 Å². The summed E-state index contributed by atoms with van der Waals surface area (Å²) in [7, 11) is 0. The fourth-order valence-corrected chi connectivity index (χ4v) is 1.91. The molecule has 0 atom stereocenters. The molecule has 5 nitrogen and oxygen atoms in total. The molecule has 1 aromatic carbocycles. The van der Waals surface area contributed by atoms with Crippen molar-refractivity contribution in [2.24, 2.45) is 0 Å². The van der Waals surface area contributed by atoms with Crippen molar-refractivity contribution in [1.29, 1.82) is 0 Å². The van der Waals surface area contributed by atoms with E-state index in [1.165, 1.54) is 0 Å². The zero-order chi connectivity index (χ0) is 14.7. The average Bonchev–Trinajstić information content (AvgIpc) is 2.38. The maximum atomic E-state index is 11.8. The van der Waals surface area contributed by atoms with Gasteiger partial charge in [0.25, 0.3) is 0 Å². The van der Waals surface area contributed by atoms with Gasteiger partial charge >= 0.3 is 6.03 Å². The first-order valence-electron chi connectivity index (χ1n) is 6.00. The van der Waals surface area contributed by atoms with Gasteiger partial charge in [-0.2, -0.15) is 4.73 Å². The number of hydrogen-bond donors (Lipinski definition) is 2. The summed E-state index contributed by atoms with van der Waals surface area (Å²) in [6, 6.07) is 9.63. The first-order valence-corrected chi connectivity index (χ1v) is 6.38. The predicted molar refractivity (Wildman–Crippen MR) is 79.0 cm³/mol. The van der Waals surface area contributed by atoms with Gasteiger partial charge in [-0.15, -0.1) is 0 Å². The van der Waals surface area contributed by atoms with Crippen LogP contribution >= 0.6 is 11.6 Å². The molecule has 2 N–H and O–H groups in total. The molecule has 0 saturated heterocycles. The highest BCUT2D eigenvalue weighted by molar-refractivity contribution is 6.30. The Balaban J connectivity index is 2.06. The maximum absolute atomic E-state index is 11.8. The summed E-state index contributed by atoms with van der Waals surface area (Å²) in [6.45, 7) is 3.37. The highest BCUT2D eigenvalue weighted by Crippen LogP contribution is 2.14. The highest BCUT2D eigenvalue weighted by Gasteiger charge is 2.09. The number of amides is 2. The number of carbonyl (C=O) groups is 1. The second-order valence-electron chi connectivity index (χ2n) is 4.41. The standard InChI is InChI=1S/C14H14ClN3O2/c1-9-7-13(8-10(2)18(9)20)17-14(19)16-12-5-3-11(15)4-6-12/h3-8H,1-2H3,(H2,16,17,19). The Bertz CT molecular complexity index is 618. The molecule has 0 unspecified atom stereocenters. The van der Waals surface area contributed by atoms with Gasteiger partial charge < -0.3 is 15.8 Å². The number of urea groups is 1. The minimum absolute atomic E-state index is 0.380. The number of nitrogens with zero attached hydrogens (tertiary/aromatic N) is 1. The van der Waals surface area contributed by atoms with Crippen LogP contribution in [0.1, 0.15) is 11.4 Å². The van der Waals surface area contributed by atoms with Crippen molar-refractivity contribution in [2.75, 3.05) is 10.6 Å². The highest BCUT2D eigenvalue weighted by atomic mass is 35.5. The van der Waals surface area contributed by atoms with E-state index in [0.29, 0.717) is 27.8 Å². The van der Waals surface area contributed by atoms with Crippen LogP contribution in [0.15, 0.2) is 36.4 Å². The van der Waals surface area contributed by atoms with Crippen LogP contribution in [0.3, 0.4) is 0 Å². The fourth-order valence-electron chi connectivity index (χ4n) is 1.79. The van der Waals surface area contributed by atoms with Crippen LogP contribution < -0.4 is 15.4 Å². The van der Waals surface area contributed by atoms with E-state index in [1.54, 1.807) is 50.2 Å². The molecule has 104 valence electrons. The van der Waals surface area contributed by atoms with Gasteiger partial charge in [-0.25, -0.2) is 4.79 Å². The molecule has 0 aliphatic rings.